The van der Waals surface area contributed by atoms with Gasteiger partial charge in [-0.25, -0.2) is 14.8 Å². The maximum Gasteiger partial charge on any atom is 0.338 e. The van der Waals surface area contributed by atoms with Crippen LogP contribution in [0.1, 0.15) is 40.5 Å². The van der Waals surface area contributed by atoms with Gasteiger partial charge in [0.05, 0.1) is 26.7 Å². The fraction of sp³-hybridized carbons (Fsp3) is 0.273. The van der Waals surface area contributed by atoms with Gasteiger partial charge >= 0.3 is 5.97 Å². The molecule has 2 aromatic carbocycles. The first-order valence-corrected chi connectivity index (χ1v) is 10.6. The van der Waals surface area contributed by atoms with E-state index in [0.29, 0.717) is 23.0 Å². The van der Waals surface area contributed by atoms with Crippen molar-refractivity contribution in [1.82, 2.24) is 14.5 Å². The number of ether oxygens (including phenoxy) is 1. The summed E-state index contributed by atoms with van der Waals surface area (Å²) < 4.78 is 8.30. The van der Waals surface area contributed by atoms with Gasteiger partial charge in [-0.1, -0.05) is 18.6 Å². The Hall–Kier alpha value is -3.06. The maximum absolute atomic E-state index is 12.8. The Morgan fingerprint density at radius 3 is 2.86 bits per heavy atom. The van der Waals surface area contributed by atoms with Gasteiger partial charge in [-0.3, -0.25) is 9.36 Å². The minimum absolute atomic E-state index is 0.0266. The van der Waals surface area contributed by atoms with E-state index in [0.717, 1.165) is 46.7 Å². The second-order valence-corrected chi connectivity index (χ2v) is 8.29. The van der Waals surface area contributed by atoms with Crippen LogP contribution in [0.5, 0.6) is 0 Å². The summed E-state index contributed by atoms with van der Waals surface area (Å²) in [6, 6.07) is 12.8. The molecule has 3 heterocycles. The molecule has 0 amide bonds. The van der Waals surface area contributed by atoms with Crippen LogP contribution in [0, 0.1) is 0 Å². The smallest absolute Gasteiger partial charge is 0.338 e. The van der Waals surface area contributed by atoms with Gasteiger partial charge in [-0.2, -0.15) is 0 Å². The lowest BCUT2D eigenvalue weighted by Gasteiger charge is -2.10. The summed E-state index contributed by atoms with van der Waals surface area (Å²) in [5, 5.41) is 1.29. The van der Waals surface area contributed by atoms with Crippen molar-refractivity contribution in [1.29, 1.82) is 0 Å². The zero-order valence-corrected chi connectivity index (χ0v) is 16.6. The highest BCUT2D eigenvalue weighted by molar-refractivity contribution is 7.18. The molecule has 0 unspecified atom stereocenters. The van der Waals surface area contributed by atoms with Crippen LogP contribution in [0.3, 0.4) is 0 Å². The molecule has 1 aliphatic rings. The molecule has 0 radical (unpaired) electrons. The van der Waals surface area contributed by atoms with E-state index in [-0.39, 0.29) is 12.2 Å². The molecule has 0 atom stereocenters. The monoisotopic (exact) mass is 405 g/mol. The van der Waals surface area contributed by atoms with Crippen molar-refractivity contribution >= 4 is 38.4 Å². The number of carbonyl (C=O) groups excluding carboxylic acids is 1. The standard InChI is InChI=1S/C22H19N3O3S/c26-21-15-10-9-14(12-17(15)23-19-8-2-1-5-11-25(19)21)22(27)28-13-20-24-16-6-3-4-7-18(16)29-20/h3-4,6-7,9-10,12H,1-2,5,8,11,13H2. The van der Waals surface area contributed by atoms with Crippen molar-refractivity contribution in [3.63, 3.8) is 0 Å². The van der Waals surface area contributed by atoms with E-state index in [1.807, 2.05) is 24.3 Å². The quantitative estimate of drug-likeness (QED) is 0.480. The number of aromatic nitrogens is 3. The highest BCUT2D eigenvalue weighted by atomic mass is 32.1. The topological polar surface area (TPSA) is 74.1 Å². The Labute approximate surface area is 170 Å². The van der Waals surface area contributed by atoms with Crippen LogP contribution >= 0.6 is 11.3 Å². The van der Waals surface area contributed by atoms with Gasteiger partial charge in [0.15, 0.2) is 0 Å². The van der Waals surface area contributed by atoms with Crippen LogP contribution in [0.15, 0.2) is 47.3 Å². The molecule has 0 fully saturated rings. The molecule has 146 valence electrons. The molecule has 4 aromatic rings. The number of carbonyl (C=O) groups is 1. The number of fused-ring (bicyclic) bond motifs is 3. The number of aryl methyl sites for hydroxylation is 1. The van der Waals surface area contributed by atoms with Crippen LogP contribution in [0.2, 0.25) is 0 Å². The predicted molar refractivity (Wildman–Crippen MR) is 112 cm³/mol. The molecular formula is C22H19N3O3S. The third-order valence-electron chi connectivity index (χ3n) is 5.22. The first-order valence-electron chi connectivity index (χ1n) is 9.74. The average molecular weight is 405 g/mol. The van der Waals surface area contributed by atoms with Crippen molar-refractivity contribution in [2.24, 2.45) is 0 Å². The van der Waals surface area contributed by atoms with E-state index < -0.39 is 5.97 Å². The maximum atomic E-state index is 12.8. The van der Waals surface area contributed by atoms with Gasteiger partial charge in [-0.15, -0.1) is 11.3 Å². The molecule has 5 rings (SSSR count). The lowest BCUT2D eigenvalue weighted by Crippen LogP contribution is -2.24. The highest BCUT2D eigenvalue weighted by Gasteiger charge is 2.16. The third kappa shape index (κ3) is 3.42. The minimum atomic E-state index is -0.442. The number of rotatable bonds is 3. The summed E-state index contributed by atoms with van der Waals surface area (Å²) in [5.74, 6) is 0.364. The summed E-state index contributed by atoms with van der Waals surface area (Å²) in [6.07, 6.45) is 3.91. The fourth-order valence-corrected chi connectivity index (χ4v) is 4.62. The van der Waals surface area contributed by atoms with Crippen molar-refractivity contribution < 1.29 is 9.53 Å². The van der Waals surface area contributed by atoms with E-state index in [4.69, 9.17) is 4.74 Å². The van der Waals surface area contributed by atoms with Crippen molar-refractivity contribution in [3.05, 3.63) is 69.2 Å². The summed E-state index contributed by atoms with van der Waals surface area (Å²) >= 11 is 1.51. The molecule has 7 heteroatoms. The van der Waals surface area contributed by atoms with Crippen molar-refractivity contribution in [2.45, 2.75) is 38.8 Å². The second-order valence-electron chi connectivity index (χ2n) is 7.18. The Bertz CT molecular complexity index is 1260. The molecule has 6 nitrogen and oxygen atoms in total. The Balaban J connectivity index is 1.40. The van der Waals surface area contributed by atoms with Gasteiger partial charge < -0.3 is 4.74 Å². The summed E-state index contributed by atoms with van der Waals surface area (Å²) in [6.45, 7) is 0.833. The molecule has 0 aliphatic carbocycles. The second kappa shape index (κ2) is 7.40. The molecule has 0 bridgehead atoms. The van der Waals surface area contributed by atoms with Gasteiger partial charge in [-0.05, 0) is 43.2 Å². The van der Waals surface area contributed by atoms with Gasteiger partial charge in [0, 0.05) is 13.0 Å². The van der Waals surface area contributed by atoms with Gasteiger partial charge in [0.2, 0.25) is 0 Å². The van der Waals surface area contributed by atoms with E-state index in [1.54, 1.807) is 22.8 Å². The fourth-order valence-electron chi connectivity index (χ4n) is 3.74. The highest BCUT2D eigenvalue weighted by Crippen LogP contribution is 2.22. The lowest BCUT2D eigenvalue weighted by molar-refractivity contribution is 0.0473. The number of hydrogen-bond acceptors (Lipinski definition) is 6. The lowest BCUT2D eigenvalue weighted by atomic mass is 10.1. The molecule has 2 aromatic heterocycles. The Morgan fingerprint density at radius 2 is 1.97 bits per heavy atom. The molecule has 29 heavy (non-hydrogen) atoms. The summed E-state index contributed by atoms with van der Waals surface area (Å²) in [7, 11) is 0. The van der Waals surface area contributed by atoms with E-state index in [2.05, 4.69) is 9.97 Å². The molecular weight excluding hydrogens is 386 g/mol. The first-order chi connectivity index (χ1) is 14.2. The van der Waals surface area contributed by atoms with E-state index in [9.17, 15) is 9.59 Å². The summed E-state index contributed by atoms with van der Waals surface area (Å²) in [5.41, 5.74) is 1.82. The number of nitrogens with zero attached hydrogens (tertiary/aromatic N) is 3. The average Bonchev–Trinajstić information content (AvgIpc) is 3.01. The van der Waals surface area contributed by atoms with Crippen molar-refractivity contribution in [3.8, 4) is 0 Å². The van der Waals surface area contributed by atoms with Gasteiger partial charge in [0.25, 0.3) is 5.56 Å². The Kier molecular flexibility index (Phi) is 4.60. The zero-order chi connectivity index (χ0) is 19.8. The Morgan fingerprint density at radius 1 is 1.07 bits per heavy atom. The van der Waals surface area contributed by atoms with Crippen LogP contribution in [0.25, 0.3) is 21.1 Å². The first kappa shape index (κ1) is 18.0. The van der Waals surface area contributed by atoms with Crippen molar-refractivity contribution in [2.75, 3.05) is 0 Å². The molecule has 0 spiro atoms. The SMILES string of the molecule is O=C(OCc1nc2ccccc2s1)c1ccc2c(=O)n3c(nc2c1)CCCCC3. The zero-order valence-electron chi connectivity index (χ0n) is 15.8. The largest absolute Gasteiger partial charge is 0.455 e. The van der Waals surface area contributed by atoms with E-state index in [1.165, 1.54) is 11.3 Å². The van der Waals surface area contributed by atoms with Gasteiger partial charge in [0.1, 0.15) is 17.4 Å². The van der Waals surface area contributed by atoms with Crippen LogP contribution in [-0.4, -0.2) is 20.5 Å². The van der Waals surface area contributed by atoms with Crippen LogP contribution in [0.4, 0.5) is 0 Å². The third-order valence-corrected chi connectivity index (χ3v) is 6.23. The minimum Gasteiger partial charge on any atom is -0.455 e. The normalized spacial score (nSPS) is 13.9. The number of benzene rings is 2. The molecule has 1 aliphatic heterocycles. The number of para-hydroxylation sites is 1. The van der Waals surface area contributed by atoms with E-state index >= 15 is 0 Å². The summed E-state index contributed by atoms with van der Waals surface area (Å²) in [4.78, 5) is 34.5. The molecule has 0 saturated heterocycles. The number of thiazole rings is 1. The van der Waals surface area contributed by atoms with Crippen LogP contribution < -0.4 is 5.56 Å². The number of esters is 1. The van der Waals surface area contributed by atoms with Crippen LogP contribution in [-0.2, 0) is 24.3 Å². The predicted octanol–water partition coefficient (Wildman–Crippen LogP) is 4.09. The molecule has 0 N–H and O–H groups in total. The molecule has 0 saturated carbocycles. The number of hydrogen-bond donors (Lipinski definition) is 0.